The fourth-order valence-electron chi connectivity index (χ4n) is 2.01. The second-order valence-electron chi connectivity index (χ2n) is 5.22. The van der Waals surface area contributed by atoms with E-state index in [-0.39, 0.29) is 41.0 Å². The SMILES string of the molecule is CCCCCNC(=O)Oc1cc(C)c([S+](C)C)cc1C.[I-]. The maximum Gasteiger partial charge on any atom is 0.412 e. The number of aryl methyl sites for hydroxylation is 2. The van der Waals surface area contributed by atoms with Crippen molar-refractivity contribution in [3.63, 3.8) is 0 Å². The monoisotopic (exact) mass is 423 g/mol. The maximum atomic E-state index is 11.7. The van der Waals surface area contributed by atoms with Gasteiger partial charge in [0.15, 0.2) is 4.90 Å². The number of hydrogen-bond acceptors (Lipinski definition) is 2. The molecule has 1 N–H and O–H groups in total. The summed E-state index contributed by atoms with van der Waals surface area (Å²) in [6.07, 6.45) is 7.31. The number of rotatable bonds is 6. The van der Waals surface area contributed by atoms with Crippen molar-refractivity contribution < 1.29 is 33.5 Å². The van der Waals surface area contributed by atoms with Gasteiger partial charge >= 0.3 is 6.09 Å². The van der Waals surface area contributed by atoms with Crippen LogP contribution in [0.25, 0.3) is 0 Å². The zero-order valence-corrected chi connectivity index (χ0v) is 16.6. The number of unbranched alkanes of at least 4 members (excludes halogenated alkanes) is 2. The number of carbonyl (C=O) groups excluding carboxylic acids is 1. The van der Waals surface area contributed by atoms with Crippen LogP contribution in [0, 0.1) is 13.8 Å². The van der Waals surface area contributed by atoms with E-state index in [4.69, 9.17) is 4.74 Å². The highest BCUT2D eigenvalue weighted by atomic mass is 127. The smallest absolute Gasteiger partial charge is 0.412 e. The Labute approximate surface area is 148 Å². The highest BCUT2D eigenvalue weighted by Crippen LogP contribution is 2.26. The average molecular weight is 423 g/mol. The summed E-state index contributed by atoms with van der Waals surface area (Å²) in [7, 11) is 0.215. The molecule has 0 bridgehead atoms. The summed E-state index contributed by atoms with van der Waals surface area (Å²) >= 11 is 0. The van der Waals surface area contributed by atoms with Gasteiger partial charge in [0.25, 0.3) is 0 Å². The van der Waals surface area contributed by atoms with Crippen molar-refractivity contribution >= 4 is 17.0 Å². The zero-order chi connectivity index (χ0) is 15.1. The van der Waals surface area contributed by atoms with Gasteiger partial charge in [0, 0.05) is 29.1 Å². The summed E-state index contributed by atoms with van der Waals surface area (Å²) in [4.78, 5) is 13.1. The minimum atomic E-state index is -0.358. The van der Waals surface area contributed by atoms with Crippen LogP contribution >= 0.6 is 0 Å². The van der Waals surface area contributed by atoms with Gasteiger partial charge in [-0.1, -0.05) is 19.8 Å². The largest absolute Gasteiger partial charge is 1.00 e. The maximum absolute atomic E-state index is 11.7. The molecule has 1 aromatic rings. The van der Waals surface area contributed by atoms with Crippen LogP contribution in [0.3, 0.4) is 0 Å². The van der Waals surface area contributed by atoms with Gasteiger partial charge in [-0.3, -0.25) is 0 Å². The Morgan fingerprint density at radius 1 is 1.19 bits per heavy atom. The number of amides is 1. The van der Waals surface area contributed by atoms with Gasteiger partial charge in [-0.05, 0) is 31.9 Å². The van der Waals surface area contributed by atoms with E-state index in [1.165, 1.54) is 10.5 Å². The van der Waals surface area contributed by atoms with E-state index in [2.05, 4.69) is 37.7 Å². The molecule has 5 heteroatoms. The molecule has 0 heterocycles. The number of nitrogens with one attached hydrogen (secondary N) is 1. The van der Waals surface area contributed by atoms with Crippen molar-refractivity contribution in [2.24, 2.45) is 0 Å². The summed E-state index contributed by atoms with van der Waals surface area (Å²) < 4.78 is 5.39. The van der Waals surface area contributed by atoms with E-state index in [0.717, 1.165) is 24.8 Å². The molecule has 3 nitrogen and oxygen atoms in total. The number of halogens is 1. The number of hydrogen-bond donors (Lipinski definition) is 1. The molecule has 0 spiro atoms. The summed E-state index contributed by atoms with van der Waals surface area (Å²) in [5.74, 6) is 0.657. The average Bonchev–Trinajstić information content (AvgIpc) is 2.38. The Hall–Kier alpha value is -0.430. The minimum absolute atomic E-state index is 0. The van der Waals surface area contributed by atoms with Gasteiger partial charge in [0.05, 0.1) is 0 Å². The van der Waals surface area contributed by atoms with Crippen molar-refractivity contribution in [3.05, 3.63) is 23.3 Å². The van der Waals surface area contributed by atoms with Crippen molar-refractivity contribution in [1.29, 1.82) is 0 Å². The Bertz CT molecular complexity index is 464. The predicted octanol–water partition coefficient (Wildman–Crippen LogP) is 0.823. The summed E-state index contributed by atoms with van der Waals surface area (Å²) in [5, 5.41) is 2.79. The fourth-order valence-corrected chi connectivity index (χ4v) is 3.13. The molecular weight excluding hydrogens is 397 g/mol. The molecule has 0 aliphatic carbocycles. The molecule has 0 fully saturated rings. The first-order valence-corrected chi connectivity index (χ1v) is 9.14. The number of benzene rings is 1. The van der Waals surface area contributed by atoms with Crippen LogP contribution in [-0.2, 0) is 10.9 Å². The van der Waals surface area contributed by atoms with Crippen LogP contribution in [-0.4, -0.2) is 25.1 Å². The van der Waals surface area contributed by atoms with Gasteiger partial charge in [0.2, 0.25) is 0 Å². The molecule has 21 heavy (non-hydrogen) atoms. The molecule has 0 radical (unpaired) electrons. The molecule has 0 atom stereocenters. The molecular formula is C16H26INO2S. The lowest BCUT2D eigenvalue weighted by atomic mass is 10.1. The first kappa shape index (κ1) is 20.6. The highest BCUT2D eigenvalue weighted by molar-refractivity contribution is 7.95. The van der Waals surface area contributed by atoms with Crippen molar-refractivity contribution in [1.82, 2.24) is 5.32 Å². The van der Waals surface area contributed by atoms with Crippen molar-refractivity contribution in [2.75, 3.05) is 19.1 Å². The number of ether oxygens (including phenoxy) is 1. The molecule has 1 aromatic carbocycles. The van der Waals surface area contributed by atoms with Crippen molar-refractivity contribution in [3.8, 4) is 5.75 Å². The van der Waals surface area contributed by atoms with E-state index in [0.29, 0.717) is 12.3 Å². The topological polar surface area (TPSA) is 38.3 Å². The van der Waals surface area contributed by atoms with E-state index < -0.39 is 0 Å². The Morgan fingerprint density at radius 2 is 1.86 bits per heavy atom. The second-order valence-corrected chi connectivity index (χ2v) is 7.30. The van der Waals surface area contributed by atoms with Crippen LogP contribution in [0.1, 0.15) is 37.3 Å². The summed E-state index contributed by atoms with van der Waals surface area (Å²) in [5.41, 5.74) is 2.19. The molecule has 1 amide bonds. The van der Waals surface area contributed by atoms with E-state index in [1.807, 2.05) is 13.0 Å². The van der Waals surface area contributed by atoms with Gasteiger partial charge in [-0.15, -0.1) is 0 Å². The second kappa shape index (κ2) is 10.3. The molecule has 0 aliphatic rings. The fraction of sp³-hybridized carbons (Fsp3) is 0.562. The van der Waals surface area contributed by atoms with E-state index >= 15 is 0 Å². The quantitative estimate of drug-likeness (QED) is 0.418. The van der Waals surface area contributed by atoms with E-state index in [1.54, 1.807) is 0 Å². The summed E-state index contributed by atoms with van der Waals surface area (Å²) in [6.45, 7) is 6.86. The lowest BCUT2D eigenvalue weighted by Crippen LogP contribution is -3.00. The standard InChI is InChI=1S/C16H25NO2S.HI/c1-6-7-8-9-17-16(18)19-14-10-13(3)15(20(4)5)11-12(14)2;/h10-11H,6-9H2,1-5H3;1H. The Morgan fingerprint density at radius 3 is 2.43 bits per heavy atom. The van der Waals surface area contributed by atoms with Gasteiger partial charge in [0.1, 0.15) is 18.3 Å². The van der Waals surface area contributed by atoms with Crippen LogP contribution < -0.4 is 34.0 Å². The zero-order valence-electron chi connectivity index (χ0n) is 13.6. The lowest BCUT2D eigenvalue weighted by Gasteiger charge is -2.11. The van der Waals surface area contributed by atoms with Crippen LogP contribution in [0.15, 0.2) is 17.0 Å². The third-order valence-electron chi connectivity index (χ3n) is 3.16. The molecule has 0 aromatic heterocycles. The van der Waals surface area contributed by atoms with Gasteiger partial charge in [-0.2, -0.15) is 0 Å². The third kappa shape index (κ3) is 6.91. The van der Waals surface area contributed by atoms with Crippen molar-refractivity contribution in [2.45, 2.75) is 44.9 Å². The van der Waals surface area contributed by atoms with E-state index in [9.17, 15) is 4.79 Å². The van der Waals surface area contributed by atoms with Crippen LogP contribution in [0.5, 0.6) is 5.75 Å². The first-order valence-electron chi connectivity index (χ1n) is 7.10. The molecule has 0 saturated heterocycles. The molecule has 120 valence electrons. The first-order chi connectivity index (χ1) is 9.45. The Balaban J connectivity index is 0.00000400. The minimum Gasteiger partial charge on any atom is -1.00 e. The summed E-state index contributed by atoms with van der Waals surface area (Å²) in [6, 6.07) is 4.08. The normalized spacial score (nSPS) is 10.2. The number of carbonyl (C=O) groups is 1. The molecule has 1 rings (SSSR count). The molecule has 0 saturated carbocycles. The third-order valence-corrected chi connectivity index (χ3v) is 4.48. The van der Waals surface area contributed by atoms with Crippen LogP contribution in [0.2, 0.25) is 0 Å². The van der Waals surface area contributed by atoms with Gasteiger partial charge in [-0.25, -0.2) is 4.79 Å². The Kier molecular flexibility index (Phi) is 10.1. The van der Waals surface area contributed by atoms with Gasteiger partial charge < -0.3 is 34.0 Å². The van der Waals surface area contributed by atoms with Crippen LogP contribution in [0.4, 0.5) is 4.79 Å². The predicted molar refractivity (Wildman–Crippen MR) is 86.9 cm³/mol. The highest BCUT2D eigenvalue weighted by Gasteiger charge is 2.16. The molecule has 0 unspecified atom stereocenters. The lowest BCUT2D eigenvalue weighted by molar-refractivity contribution is -0.00000955. The molecule has 0 aliphatic heterocycles.